The van der Waals surface area contributed by atoms with Crippen LogP contribution in [0.15, 0.2) is 57.8 Å². The fourth-order valence-corrected chi connectivity index (χ4v) is 3.14. The molecule has 3 rings (SSSR count). The molecule has 3 aromatic rings. The maximum absolute atomic E-state index is 12.3. The zero-order valence-electron chi connectivity index (χ0n) is 14.1. The number of aromatic nitrogens is 1. The van der Waals surface area contributed by atoms with Crippen molar-refractivity contribution in [2.24, 2.45) is 0 Å². The van der Waals surface area contributed by atoms with Crippen LogP contribution in [0, 0.1) is 0 Å². The van der Waals surface area contributed by atoms with E-state index in [1.807, 2.05) is 30.3 Å². The Morgan fingerprint density at radius 3 is 2.64 bits per heavy atom. The van der Waals surface area contributed by atoms with Crippen molar-refractivity contribution in [2.75, 3.05) is 0 Å². The average molecular weight is 399 g/mol. The first-order valence-corrected chi connectivity index (χ1v) is 8.93. The lowest BCUT2D eigenvalue weighted by molar-refractivity contribution is 0.0950. The highest BCUT2D eigenvalue weighted by Gasteiger charge is 2.11. The summed E-state index contributed by atoms with van der Waals surface area (Å²) in [4.78, 5) is 27.4. The minimum absolute atomic E-state index is 0.178. The molecule has 0 radical (unpaired) electrons. The number of pyridine rings is 1. The molecule has 128 valence electrons. The molecular weight excluding hydrogens is 380 g/mol. The normalized spacial score (nSPS) is 11.0. The van der Waals surface area contributed by atoms with Gasteiger partial charge in [-0.1, -0.05) is 32.0 Å². The van der Waals surface area contributed by atoms with Crippen molar-refractivity contribution >= 4 is 32.7 Å². The molecule has 2 aromatic carbocycles. The lowest BCUT2D eigenvalue weighted by Gasteiger charge is -2.09. The zero-order chi connectivity index (χ0) is 18.0. The molecule has 4 nitrogen and oxygen atoms in total. The molecule has 1 heterocycles. The summed E-state index contributed by atoms with van der Waals surface area (Å²) in [5, 5.41) is 3.78. The molecule has 25 heavy (non-hydrogen) atoms. The smallest absolute Gasteiger partial charge is 0.253 e. The third kappa shape index (κ3) is 3.82. The van der Waals surface area contributed by atoms with E-state index < -0.39 is 0 Å². The second-order valence-electron chi connectivity index (χ2n) is 6.29. The Balaban J connectivity index is 1.86. The number of carbonyl (C=O) groups is 1. The van der Waals surface area contributed by atoms with Crippen molar-refractivity contribution in [3.63, 3.8) is 0 Å². The Bertz CT molecular complexity index is 992. The van der Waals surface area contributed by atoms with Gasteiger partial charge >= 0.3 is 0 Å². The van der Waals surface area contributed by atoms with Crippen molar-refractivity contribution < 1.29 is 4.79 Å². The molecule has 0 saturated carbocycles. The number of rotatable bonds is 4. The van der Waals surface area contributed by atoms with E-state index in [0.29, 0.717) is 17.0 Å². The van der Waals surface area contributed by atoms with Crippen molar-refractivity contribution in [1.29, 1.82) is 0 Å². The van der Waals surface area contributed by atoms with Crippen molar-refractivity contribution in [1.82, 2.24) is 10.3 Å². The van der Waals surface area contributed by atoms with Crippen LogP contribution < -0.4 is 10.9 Å². The number of halogens is 1. The van der Waals surface area contributed by atoms with Crippen LogP contribution in [0.5, 0.6) is 0 Å². The molecule has 1 amide bonds. The maximum Gasteiger partial charge on any atom is 0.253 e. The van der Waals surface area contributed by atoms with Crippen LogP contribution in [-0.2, 0) is 6.54 Å². The third-order valence-electron chi connectivity index (χ3n) is 4.17. The van der Waals surface area contributed by atoms with E-state index in [1.165, 1.54) is 5.56 Å². The first-order valence-electron chi connectivity index (χ1n) is 8.14. The van der Waals surface area contributed by atoms with Crippen LogP contribution in [0.25, 0.3) is 10.9 Å². The highest BCUT2D eigenvalue weighted by atomic mass is 79.9. The van der Waals surface area contributed by atoms with Crippen LogP contribution in [0.1, 0.15) is 41.3 Å². The van der Waals surface area contributed by atoms with E-state index in [4.69, 9.17) is 0 Å². The molecule has 0 bridgehead atoms. The van der Waals surface area contributed by atoms with Crippen LogP contribution in [0.4, 0.5) is 0 Å². The van der Waals surface area contributed by atoms with Gasteiger partial charge in [-0.25, -0.2) is 0 Å². The molecule has 5 heteroatoms. The molecular formula is C20H19BrN2O2. The number of hydrogen-bond donors (Lipinski definition) is 2. The predicted octanol–water partition coefficient (Wildman–Crippen LogP) is 4.34. The summed E-state index contributed by atoms with van der Waals surface area (Å²) in [7, 11) is 0. The summed E-state index contributed by atoms with van der Waals surface area (Å²) in [5.74, 6) is 0.192. The van der Waals surface area contributed by atoms with E-state index in [1.54, 1.807) is 12.1 Å². The summed E-state index contributed by atoms with van der Waals surface area (Å²) in [6.45, 7) is 4.44. The average Bonchev–Trinajstić information content (AvgIpc) is 2.59. The standard InChI is InChI=1S/C20H19BrN2O2/c1-12(2)13-7-8-18-14(9-13)10-15(19(24)23-18)11-22-20(25)16-5-3-4-6-17(16)21/h3-10,12H,11H2,1-2H3,(H,22,25)(H,23,24). The van der Waals surface area contributed by atoms with E-state index in [2.05, 4.69) is 46.1 Å². The van der Waals surface area contributed by atoms with Gasteiger partial charge in [0, 0.05) is 22.1 Å². The van der Waals surface area contributed by atoms with Gasteiger partial charge in [-0.2, -0.15) is 0 Å². The number of benzene rings is 2. The minimum Gasteiger partial charge on any atom is -0.348 e. The fraction of sp³-hybridized carbons (Fsp3) is 0.200. The Hall–Kier alpha value is -2.40. The summed E-state index contributed by atoms with van der Waals surface area (Å²) >= 11 is 3.36. The molecule has 0 aliphatic rings. The number of fused-ring (bicyclic) bond motifs is 1. The summed E-state index contributed by atoms with van der Waals surface area (Å²) in [6.07, 6.45) is 0. The Kier molecular flexibility index (Phi) is 5.04. The maximum atomic E-state index is 12.3. The van der Waals surface area contributed by atoms with Crippen molar-refractivity contribution in [3.8, 4) is 0 Å². The van der Waals surface area contributed by atoms with E-state index >= 15 is 0 Å². The first-order chi connectivity index (χ1) is 12.0. The first kappa shape index (κ1) is 17.4. The topological polar surface area (TPSA) is 62.0 Å². The van der Waals surface area contributed by atoms with E-state index in [9.17, 15) is 9.59 Å². The van der Waals surface area contributed by atoms with Gasteiger partial charge in [-0.3, -0.25) is 9.59 Å². The summed E-state index contributed by atoms with van der Waals surface area (Å²) in [6, 6.07) is 15.1. The van der Waals surface area contributed by atoms with E-state index in [0.717, 1.165) is 15.4 Å². The van der Waals surface area contributed by atoms with Gasteiger partial charge in [-0.15, -0.1) is 0 Å². The van der Waals surface area contributed by atoms with Crippen molar-refractivity contribution in [3.05, 3.63) is 80.0 Å². The second kappa shape index (κ2) is 7.23. The fourth-order valence-electron chi connectivity index (χ4n) is 2.68. The molecule has 0 fully saturated rings. The van der Waals surface area contributed by atoms with Gasteiger partial charge in [0.15, 0.2) is 0 Å². The van der Waals surface area contributed by atoms with Gasteiger partial charge in [0.25, 0.3) is 11.5 Å². The Labute approximate surface area is 154 Å². The van der Waals surface area contributed by atoms with Gasteiger partial charge in [0.05, 0.1) is 5.56 Å². The SMILES string of the molecule is CC(C)c1ccc2[nH]c(=O)c(CNC(=O)c3ccccc3Br)cc2c1. The van der Waals surface area contributed by atoms with E-state index in [-0.39, 0.29) is 18.0 Å². The molecule has 0 aliphatic carbocycles. The van der Waals surface area contributed by atoms with Crippen LogP contribution in [0.3, 0.4) is 0 Å². The number of hydrogen-bond acceptors (Lipinski definition) is 2. The molecule has 1 aromatic heterocycles. The van der Waals surface area contributed by atoms with Gasteiger partial charge < -0.3 is 10.3 Å². The zero-order valence-corrected chi connectivity index (χ0v) is 15.7. The Morgan fingerprint density at radius 2 is 1.92 bits per heavy atom. The van der Waals surface area contributed by atoms with Gasteiger partial charge in [-0.05, 0) is 63.1 Å². The summed E-state index contributed by atoms with van der Waals surface area (Å²) in [5.41, 5.74) is 2.91. The number of carbonyl (C=O) groups excluding carboxylic acids is 1. The monoisotopic (exact) mass is 398 g/mol. The number of amides is 1. The lowest BCUT2D eigenvalue weighted by Crippen LogP contribution is -2.27. The lowest BCUT2D eigenvalue weighted by atomic mass is 10.0. The molecule has 2 N–H and O–H groups in total. The number of aromatic amines is 1. The summed E-state index contributed by atoms with van der Waals surface area (Å²) < 4.78 is 0.724. The van der Waals surface area contributed by atoms with Crippen molar-refractivity contribution in [2.45, 2.75) is 26.3 Å². The van der Waals surface area contributed by atoms with Crippen LogP contribution in [0.2, 0.25) is 0 Å². The molecule has 0 atom stereocenters. The third-order valence-corrected chi connectivity index (χ3v) is 4.86. The molecule has 0 saturated heterocycles. The highest BCUT2D eigenvalue weighted by molar-refractivity contribution is 9.10. The highest BCUT2D eigenvalue weighted by Crippen LogP contribution is 2.20. The van der Waals surface area contributed by atoms with Gasteiger partial charge in [0.1, 0.15) is 0 Å². The largest absolute Gasteiger partial charge is 0.348 e. The number of H-pyrrole nitrogens is 1. The minimum atomic E-state index is -0.220. The van der Waals surface area contributed by atoms with Crippen LogP contribution >= 0.6 is 15.9 Å². The van der Waals surface area contributed by atoms with Gasteiger partial charge in [0.2, 0.25) is 0 Å². The quantitative estimate of drug-likeness (QED) is 0.686. The van der Waals surface area contributed by atoms with Crippen LogP contribution in [-0.4, -0.2) is 10.9 Å². The number of nitrogens with one attached hydrogen (secondary N) is 2. The predicted molar refractivity (Wildman–Crippen MR) is 104 cm³/mol. The molecule has 0 aliphatic heterocycles. The molecule has 0 unspecified atom stereocenters. The second-order valence-corrected chi connectivity index (χ2v) is 7.14. The molecule has 0 spiro atoms. The Morgan fingerprint density at radius 1 is 1.16 bits per heavy atom.